The molecule has 4 rings (SSSR count). The molecule has 0 bridgehead atoms. The van der Waals surface area contributed by atoms with Gasteiger partial charge in [-0.2, -0.15) is 5.10 Å². The lowest BCUT2D eigenvalue weighted by molar-refractivity contribution is -0.384. The smallest absolute Gasteiger partial charge is 0.292 e. The Morgan fingerprint density at radius 3 is 2.65 bits per heavy atom. The van der Waals surface area contributed by atoms with E-state index in [1.807, 2.05) is 37.4 Å². The third-order valence-corrected chi connectivity index (χ3v) is 4.04. The van der Waals surface area contributed by atoms with Crippen molar-refractivity contribution >= 4 is 22.6 Å². The number of nitrogens with one attached hydrogen (secondary N) is 1. The van der Waals surface area contributed by atoms with Gasteiger partial charge in [-0.05, 0) is 24.6 Å². The van der Waals surface area contributed by atoms with Gasteiger partial charge in [-0.1, -0.05) is 18.2 Å². The molecule has 0 aliphatic heterocycles. The van der Waals surface area contributed by atoms with Crippen molar-refractivity contribution in [3.05, 3.63) is 76.9 Å². The maximum absolute atomic E-state index is 11.2. The predicted molar refractivity (Wildman–Crippen MR) is 97.3 cm³/mol. The average molecular weight is 346 g/mol. The maximum Gasteiger partial charge on any atom is 0.292 e. The van der Waals surface area contributed by atoms with Gasteiger partial charge in [-0.25, -0.2) is 14.5 Å². The molecule has 0 saturated heterocycles. The lowest BCUT2D eigenvalue weighted by atomic mass is 10.1. The van der Waals surface area contributed by atoms with Crippen LogP contribution in [0.15, 0.2) is 61.2 Å². The van der Waals surface area contributed by atoms with Crippen LogP contribution >= 0.6 is 0 Å². The molecule has 0 aliphatic rings. The number of hydrogen-bond donors (Lipinski definition) is 1. The molecule has 128 valence electrons. The molecule has 0 spiro atoms. The quantitative estimate of drug-likeness (QED) is 0.446. The van der Waals surface area contributed by atoms with Gasteiger partial charge in [0.15, 0.2) is 5.82 Å². The molecule has 0 fully saturated rings. The highest BCUT2D eigenvalue weighted by atomic mass is 16.6. The Kier molecular flexibility index (Phi) is 3.77. The zero-order valence-electron chi connectivity index (χ0n) is 13.8. The first kappa shape index (κ1) is 15.7. The van der Waals surface area contributed by atoms with Gasteiger partial charge in [-0.15, -0.1) is 0 Å². The van der Waals surface area contributed by atoms with Crippen molar-refractivity contribution in [3.63, 3.8) is 0 Å². The molecule has 0 aliphatic carbocycles. The van der Waals surface area contributed by atoms with Crippen molar-refractivity contribution in [1.29, 1.82) is 0 Å². The number of aryl methyl sites for hydroxylation is 1. The lowest BCUT2D eigenvalue weighted by Crippen LogP contribution is -2.00. The summed E-state index contributed by atoms with van der Waals surface area (Å²) in [6.07, 6.45) is 6.77. The van der Waals surface area contributed by atoms with E-state index in [-0.39, 0.29) is 5.69 Å². The van der Waals surface area contributed by atoms with E-state index in [0.29, 0.717) is 17.2 Å². The molecule has 8 heteroatoms. The number of fused-ring (bicyclic) bond motifs is 1. The van der Waals surface area contributed by atoms with Crippen molar-refractivity contribution < 1.29 is 4.92 Å². The fraction of sp³-hybridized carbons (Fsp3) is 0.0556. The molecular formula is C18H14N6O2. The predicted octanol–water partition coefficient (Wildman–Crippen LogP) is 3.75. The van der Waals surface area contributed by atoms with Crippen molar-refractivity contribution in [2.75, 3.05) is 5.32 Å². The minimum atomic E-state index is -0.413. The van der Waals surface area contributed by atoms with Crippen LogP contribution in [0.2, 0.25) is 0 Å². The van der Waals surface area contributed by atoms with E-state index in [1.165, 1.54) is 6.07 Å². The Morgan fingerprint density at radius 2 is 1.88 bits per heavy atom. The molecule has 3 aromatic heterocycles. The number of rotatable bonds is 4. The van der Waals surface area contributed by atoms with Crippen LogP contribution in [0.4, 0.5) is 17.1 Å². The molecule has 0 amide bonds. The number of aromatic nitrogens is 4. The molecule has 3 heterocycles. The summed E-state index contributed by atoms with van der Waals surface area (Å²) in [4.78, 5) is 19.6. The molecule has 8 nitrogen and oxygen atoms in total. The number of nitro benzene ring substituents is 1. The average Bonchev–Trinajstić information content (AvgIpc) is 3.08. The van der Waals surface area contributed by atoms with Gasteiger partial charge in [0.25, 0.3) is 5.69 Å². The van der Waals surface area contributed by atoms with Crippen molar-refractivity contribution in [2.45, 2.75) is 6.92 Å². The fourth-order valence-corrected chi connectivity index (χ4v) is 2.75. The zero-order chi connectivity index (χ0) is 18.1. The fourth-order valence-electron chi connectivity index (χ4n) is 2.75. The van der Waals surface area contributed by atoms with E-state index in [1.54, 1.807) is 29.2 Å². The molecule has 26 heavy (non-hydrogen) atoms. The third-order valence-electron chi connectivity index (χ3n) is 4.04. The van der Waals surface area contributed by atoms with Crippen molar-refractivity contribution in [2.24, 2.45) is 0 Å². The molecular weight excluding hydrogens is 332 g/mol. The van der Waals surface area contributed by atoms with E-state index >= 15 is 0 Å². The minimum absolute atomic E-state index is 0.0108. The monoisotopic (exact) mass is 346 g/mol. The first-order valence-electron chi connectivity index (χ1n) is 7.89. The van der Waals surface area contributed by atoms with Crippen LogP contribution in [0.3, 0.4) is 0 Å². The van der Waals surface area contributed by atoms with Gasteiger partial charge < -0.3 is 5.32 Å². The minimum Gasteiger partial charge on any atom is -0.347 e. The van der Waals surface area contributed by atoms with Crippen LogP contribution in [-0.2, 0) is 0 Å². The summed E-state index contributed by atoms with van der Waals surface area (Å²) in [7, 11) is 0. The van der Waals surface area contributed by atoms with Crippen LogP contribution < -0.4 is 5.32 Å². The van der Waals surface area contributed by atoms with E-state index in [2.05, 4.69) is 20.4 Å². The van der Waals surface area contributed by atoms with Gasteiger partial charge in [0.05, 0.1) is 40.3 Å². The molecule has 1 N–H and O–H groups in total. The summed E-state index contributed by atoms with van der Waals surface area (Å²) in [5, 5.41) is 18.5. The summed E-state index contributed by atoms with van der Waals surface area (Å²) < 4.78 is 1.75. The molecule has 1 aromatic carbocycles. The summed E-state index contributed by atoms with van der Waals surface area (Å²) in [6.45, 7) is 1.81. The Balaban J connectivity index is 1.66. The van der Waals surface area contributed by atoms with Crippen molar-refractivity contribution in [3.8, 4) is 11.4 Å². The molecule has 0 saturated carbocycles. The summed E-state index contributed by atoms with van der Waals surface area (Å²) in [5.74, 6) is 0.538. The van der Waals surface area contributed by atoms with Crippen LogP contribution in [0.25, 0.3) is 16.9 Å². The highest BCUT2D eigenvalue weighted by Gasteiger charge is 2.16. The number of para-hydroxylation sites is 1. The van der Waals surface area contributed by atoms with E-state index in [4.69, 9.17) is 0 Å². The summed E-state index contributed by atoms with van der Waals surface area (Å²) in [6, 6.07) is 10.7. The Hall–Kier alpha value is -3.81. The molecule has 4 aromatic rings. The second-order valence-electron chi connectivity index (χ2n) is 5.74. The van der Waals surface area contributed by atoms with Gasteiger partial charge in [0.2, 0.25) is 0 Å². The van der Waals surface area contributed by atoms with E-state index in [0.717, 1.165) is 16.6 Å². The van der Waals surface area contributed by atoms with Crippen LogP contribution in [-0.4, -0.2) is 24.5 Å². The number of nitrogens with zero attached hydrogens (tertiary/aromatic N) is 5. The topological polar surface area (TPSA) is 98.2 Å². The number of hydrogen-bond acceptors (Lipinski definition) is 6. The van der Waals surface area contributed by atoms with Crippen molar-refractivity contribution in [1.82, 2.24) is 19.6 Å². The normalized spacial score (nSPS) is 10.8. The number of nitro groups is 1. The SMILES string of the molecule is Cc1cccc([N+](=O)[O-])c1Nc1cnc(-c2cnn3ccccc23)nc1. The Morgan fingerprint density at radius 1 is 1.08 bits per heavy atom. The van der Waals surface area contributed by atoms with E-state index in [9.17, 15) is 10.1 Å². The molecule has 0 radical (unpaired) electrons. The van der Waals surface area contributed by atoms with Crippen LogP contribution in [0, 0.1) is 17.0 Å². The second-order valence-corrected chi connectivity index (χ2v) is 5.74. The first-order chi connectivity index (χ1) is 12.6. The van der Waals surface area contributed by atoms with Gasteiger partial charge in [0.1, 0.15) is 5.69 Å². The lowest BCUT2D eigenvalue weighted by Gasteiger charge is -2.09. The van der Waals surface area contributed by atoms with Crippen LogP contribution in [0.5, 0.6) is 0 Å². The summed E-state index contributed by atoms with van der Waals surface area (Å²) >= 11 is 0. The molecule has 0 atom stereocenters. The summed E-state index contributed by atoms with van der Waals surface area (Å²) in [5.41, 5.74) is 3.51. The highest BCUT2D eigenvalue weighted by Crippen LogP contribution is 2.30. The van der Waals surface area contributed by atoms with Gasteiger partial charge in [0, 0.05) is 12.3 Å². The number of anilines is 2. The Bertz CT molecular complexity index is 1100. The third kappa shape index (κ3) is 2.73. The Labute approximate surface area is 148 Å². The zero-order valence-corrected chi connectivity index (χ0v) is 13.8. The van der Waals surface area contributed by atoms with Crippen LogP contribution in [0.1, 0.15) is 5.56 Å². The number of pyridine rings is 1. The largest absolute Gasteiger partial charge is 0.347 e. The standard InChI is InChI=1S/C18H14N6O2/c1-12-5-4-7-16(24(25)26)17(12)22-13-9-19-18(20-10-13)14-11-21-23-8-3-2-6-15(14)23/h2-11,22H,1H3. The van der Waals surface area contributed by atoms with Gasteiger partial charge >= 0.3 is 0 Å². The first-order valence-corrected chi connectivity index (χ1v) is 7.89. The number of benzene rings is 1. The van der Waals surface area contributed by atoms with Gasteiger partial charge in [-0.3, -0.25) is 10.1 Å². The maximum atomic E-state index is 11.2. The molecule has 0 unspecified atom stereocenters. The highest BCUT2D eigenvalue weighted by molar-refractivity contribution is 5.76. The van der Waals surface area contributed by atoms with E-state index < -0.39 is 4.92 Å². The second kappa shape index (κ2) is 6.25.